The molecule has 0 radical (unpaired) electrons. The summed E-state index contributed by atoms with van der Waals surface area (Å²) in [5.41, 5.74) is 3.99. The van der Waals surface area contributed by atoms with Crippen LogP contribution in [0.1, 0.15) is 12.5 Å². The molecule has 1 aromatic rings. The minimum Gasteiger partial charge on any atom is -0.329 e. The van der Waals surface area contributed by atoms with Gasteiger partial charge in [-0.25, -0.2) is 0 Å². The van der Waals surface area contributed by atoms with Crippen molar-refractivity contribution in [3.05, 3.63) is 58.6 Å². The van der Waals surface area contributed by atoms with E-state index in [9.17, 15) is 0 Å². The van der Waals surface area contributed by atoms with Crippen LogP contribution in [0.25, 0.3) is 0 Å². The molecule has 1 aromatic carbocycles. The molecule has 0 bridgehead atoms. The van der Waals surface area contributed by atoms with Crippen LogP contribution >= 0.6 is 11.9 Å². The van der Waals surface area contributed by atoms with Gasteiger partial charge >= 0.3 is 0 Å². The molecule has 0 aromatic heterocycles. The zero-order chi connectivity index (χ0) is 9.80. The predicted octanol–water partition coefficient (Wildman–Crippen LogP) is 3.27. The van der Waals surface area contributed by atoms with E-state index < -0.39 is 0 Å². The molecule has 72 valence electrons. The first kappa shape index (κ1) is 9.41. The Kier molecular flexibility index (Phi) is 2.94. The fourth-order valence-corrected chi connectivity index (χ4v) is 2.11. The first-order chi connectivity index (χ1) is 6.86. The van der Waals surface area contributed by atoms with Crippen molar-refractivity contribution in [2.75, 3.05) is 0 Å². The van der Waals surface area contributed by atoms with Gasteiger partial charge in [0, 0.05) is 12.1 Å². The summed E-state index contributed by atoms with van der Waals surface area (Å²) in [6.45, 7) is 2.14. The Morgan fingerprint density at radius 3 is 2.71 bits per heavy atom. The highest BCUT2D eigenvalue weighted by Gasteiger charge is 2.04. The van der Waals surface area contributed by atoms with Crippen molar-refractivity contribution in [2.45, 2.75) is 13.3 Å². The molecule has 0 saturated heterocycles. The largest absolute Gasteiger partial charge is 0.329 e. The summed E-state index contributed by atoms with van der Waals surface area (Å²) >= 11 is 1.64. The molecular weight excluding hydrogens is 190 g/mol. The monoisotopic (exact) mass is 203 g/mol. The van der Waals surface area contributed by atoms with Crippen LogP contribution in [0.3, 0.4) is 0 Å². The van der Waals surface area contributed by atoms with Crippen LogP contribution in [0.15, 0.2) is 53.1 Å². The molecule has 1 N–H and O–H groups in total. The zero-order valence-corrected chi connectivity index (χ0v) is 8.97. The maximum absolute atomic E-state index is 3.33. The van der Waals surface area contributed by atoms with Crippen LogP contribution in [-0.2, 0) is 6.42 Å². The molecular formula is C12H13NS. The molecule has 0 aliphatic carbocycles. The van der Waals surface area contributed by atoms with E-state index in [-0.39, 0.29) is 0 Å². The molecule has 1 aliphatic heterocycles. The highest BCUT2D eigenvalue weighted by atomic mass is 32.2. The molecule has 0 amide bonds. The van der Waals surface area contributed by atoms with Gasteiger partial charge in [-0.3, -0.25) is 0 Å². The third-order valence-corrected chi connectivity index (χ3v) is 2.90. The minimum atomic E-state index is 0.990. The molecule has 2 rings (SSSR count). The fraction of sp³-hybridized carbons (Fsp3) is 0.167. The van der Waals surface area contributed by atoms with Gasteiger partial charge in [0.15, 0.2) is 0 Å². The Hall–Kier alpha value is -1.15. The summed E-state index contributed by atoms with van der Waals surface area (Å²) in [7, 11) is 0. The third kappa shape index (κ3) is 2.20. The molecule has 1 nitrogen and oxygen atoms in total. The molecule has 1 aliphatic rings. The van der Waals surface area contributed by atoms with Gasteiger partial charge in [0.05, 0.1) is 0 Å². The molecule has 0 saturated carbocycles. The smallest absolute Gasteiger partial charge is 0.0287 e. The second-order valence-electron chi connectivity index (χ2n) is 3.35. The summed E-state index contributed by atoms with van der Waals surface area (Å²) in [5, 5.41) is 2.07. The van der Waals surface area contributed by atoms with Crippen molar-refractivity contribution in [1.29, 1.82) is 0 Å². The molecule has 1 heterocycles. The van der Waals surface area contributed by atoms with E-state index >= 15 is 0 Å². The summed E-state index contributed by atoms with van der Waals surface area (Å²) in [6.07, 6.45) is 3.14. The van der Waals surface area contributed by atoms with Gasteiger partial charge in [-0.2, -0.15) is 0 Å². The third-order valence-electron chi connectivity index (χ3n) is 2.27. The molecule has 2 heteroatoms. The van der Waals surface area contributed by atoms with Gasteiger partial charge in [-0.1, -0.05) is 30.3 Å². The Bertz CT molecular complexity index is 365. The van der Waals surface area contributed by atoms with Crippen LogP contribution in [0.5, 0.6) is 0 Å². The van der Waals surface area contributed by atoms with Crippen molar-refractivity contribution < 1.29 is 0 Å². The normalized spacial score (nSPS) is 15.5. The number of rotatable bonds is 2. The molecule has 0 spiro atoms. The van der Waals surface area contributed by atoms with Crippen LogP contribution in [-0.4, -0.2) is 0 Å². The first-order valence-electron chi connectivity index (χ1n) is 4.68. The van der Waals surface area contributed by atoms with Crippen molar-refractivity contribution in [3.8, 4) is 0 Å². The SMILES string of the molecule is CC1=C(Cc2ccccc2)NSC=C1. The summed E-state index contributed by atoms with van der Waals surface area (Å²) < 4.78 is 3.33. The number of allylic oxidation sites excluding steroid dienone is 3. The van der Waals surface area contributed by atoms with Crippen molar-refractivity contribution in [3.63, 3.8) is 0 Å². The van der Waals surface area contributed by atoms with Gasteiger partial charge in [-0.15, -0.1) is 0 Å². The van der Waals surface area contributed by atoms with Gasteiger partial charge in [0.25, 0.3) is 0 Å². The lowest BCUT2D eigenvalue weighted by molar-refractivity contribution is 1.02. The van der Waals surface area contributed by atoms with Crippen molar-refractivity contribution in [2.24, 2.45) is 0 Å². The molecule has 0 atom stereocenters. The second-order valence-corrected chi connectivity index (χ2v) is 4.06. The van der Waals surface area contributed by atoms with Crippen LogP contribution < -0.4 is 4.72 Å². The lowest BCUT2D eigenvalue weighted by Crippen LogP contribution is -2.10. The zero-order valence-electron chi connectivity index (χ0n) is 8.16. The standard InChI is InChI=1S/C12H13NS/c1-10-7-8-14-13-12(10)9-11-5-3-2-4-6-11/h2-8,13H,9H2,1H3. The summed E-state index contributed by atoms with van der Waals surface area (Å²) in [5.74, 6) is 0. The lowest BCUT2D eigenvalue weighted by Gasteiger charge is -2.14. The lowest BCUT2D eigenvalue weighted by atomic mass is 10.1. The summed E-state index contributed by atoms with van der Waals surface area (Å²) in [4.78, 5) is 0. The van der Waals surface area contributed by atoms with Crippen molar-refractivity contribution in [1.82, 2.24) is 4.72 Å². The van der Waals surface area contributed by atoms with E-state index in [0.717, 1.165) is 6.42 Å². The predicted molar refractivity (Wildman–Crippen MR) is 62.7 cm³/mol. The Morgan fingerprint density at radius 2 is 2.00 bits per heavy atom. The van der Waals surface area contributed by atoms with E-state index in [0.29, 0.717) is 0 Å². The van der Waals surface area contributed by atoms with Crippen LogP contribution in [0.4, 0.5) is 0 Å². The number of hydrogen-bond acceptors (Lipinski definition) is 2. The van der Waals surface area contributed by atoms with E-state index in [1.165, 1.54) is 16.8 Å². The topological polar surface area (TPSA) is 12.0 Å². The average Bonchev–Trinajstić information content (AvgIpc) is 2.23. The Labute approximate surface area is 89.0 Å². The maximum atomic E-state index is 3.33. The number of benzene rings is 1. The van der Waals surface area contributed by atoms with Crippen LogP contribution in [0.2, 0.25) is 0 Å². The van der Waals surface area contributed by atoms with Crippen molar-refractivity contribution >= 4 is 11.9 Å². The number of nitrogens with one attached hydrogen (secondary N) is 1. The fourth-order valence-electron chi connectivity index (χ4n) is 1.40. The highest BCUT2D eigenvalue weighted by molar-refractivity contribution is 8.00. The van der Waals surface area contributed by atoms with E-state index in [1.807, 2.05) is 6.07 Å². The minimum absolute atomic E-state index is 0.990. The Balaban J connectivity index is 2.15. The maximum Gasteiger partial charge on any atom is 0.0287 e. The quantitative estimate of drug-likeness (QED) is 0.740. The Morgan fingerprint density at radius 1 is 1.21 bits per heavy atom. The van der Waals surface area contributed by atoms with Gasteiger partial charge in [-0.05, 0) is 41.5 Å². The van der Waals surface area contributed by atoms with E-state index in [1.54, 1.807) is 11.9 Å². The van der Waals surface area contributed by atoms with Gasteiger partial charge in [0.2, 0.25) is 0 Å². The van der Waals surface area contributed by atoms with E-state index in [2.05, 4.69) is 47.4 Å². The van der Waals surface area contributed by atoms with E-state index in [4.69, 9.17) is 0 Å². The van der Waals surface area contributed by atoms with Crippen LogP contribution in [0, 0.1) is 0 Å². The highest BCUT2D eigenvalue weighted by Crippen LogP contribution is 2.18. The average molecular weight is 203 g/mol. The van der Waals surface area contributed by atoms with Gasteiger partial charge < -0.3 is 4.72 Å². The molecule has 0 fully saturated rings. The molecule has 0 unspecified atom stereocenters. The first-order valence-corrected chi connectivity index (χ1v) is 5.56. The summed E-state index contributed by atoms with van der Waals surface area (Å²) in [6, 6.07) is 10.5. The second kappa shape index (κ2) is 4.38. The van der Waals surface area contributed by atoms with Gasteiger partial charge in [0.1, 0.15) is 0 Å². The number of hydrogen-bond donors (Lipinski definition) is 1. The molecule has 14 heavy (non-hydrogen) atoms.